The lowest BCUT2D eigenvalue weighted by atomic mass is 9.86. The van der Waals surface area contributed by atoms with Crippen molar-refractivity contribution < 1.29 is 0 Å². The summed E-state index contributed by atoms with van der Waals surface area (Å²) in [5.74, 6) is 0.928. The molecule has 3 unspecified atom stereocenters. The Morgan fingerprint density at radius 3 is 2.02 bits per heavy atom. The Hall–Kier alpha value is -5.60. The third kappa shape index (κ3) is 7.18. The molecule has 0 aliphatic heterocycles. The highest BCUT2D eigenvalue weighted by molar-refractivity contribution is 5.78. The number of benzene rings is 3. The summed E-state index contributed by atoms with van der Waals surface area (Å²) in [4.78, 5) is 5.13. The fourth-order valence-electron chi connectivity index (χ4n) is 8.96. The molecule has 0 amide bonds. The predicted molar refractivity (Wildman–Crippen MR) is 229 cm³/mol. The van der Waals surface area contributed by atoms with Crippen LogP contribution in [0.25, 0.3) is 11.6 Å². The molecule has 268 valence electrons. The third-order valence-corrected chi connectivity index (χ3v) is 11.8. The third-order valence-electron chi connectivity index (χ3n) is 11.8. The van der Waals surface area contributed by atoms with Crippen LogP contribution < -0.4 is 4.90 Å². The Morgan fingerprint density at radius 2 is 1.31 bits per heavy atom. The van der Waals surface area contributed by atoms with Crippen molar-refractivity contribution in [1.82, 2.24) is 4.90 Å². The monoisotopic (exact) mass is 702 g/mol. The molecule has 0 saturated carbocycles. The molecule has 6 aliphatic rings. The Morgan fingerprint density at radius 1 is 0.537 bits per heavy atom. The standard InChI is InChI=1S/C52H50N2/c1-4-13-39(14-5-1)41-23-25-42(26-24-41)44-29-33-48(34-30-44)53(47-31-27-43(28-32-47)40-15-6-2-7-16-40)49-35-37-50(38-36-49)54(46-19-8-3-9-20-46)52-22-12-18-45-17-10-11-21-51(45)52/h2,4,6-8,10-15,17-21,23,25-35,37,40-41,52H,1,3,5,9,16,22,24,36,38H2. The van der Waals surface area contributed by atoms with Crippen molar-refractivity contribution in [1.29, 1.82) is 0 Å². The first-order valence-electron chi connectivity index (χ1n) is 20.2. The summed E-state index contributed by atoms with van der Waals surface area (Å²) in [6, 6.07) is 27.8. The summed E-state index contributed by atoms with van der Waals surface area (Å²) in [5.41, 5.74) is 14.6. The molecule has 0 N–H and O–H groups in total. The number of rotatable bonds is 9. The molecular formula is C52H50N2. The maximum absolute atomic E-state index is 2.64. The molecule has 0 spiro atoms. The van der Waals surface area contributed by atoms with Gasteiger partial charge >= 0.3 is 0 Å². The van der Waals surface area contributed by atoms with Crippen molar-refractivity contribution in [2.24, 2.45) is 5.92 Å². The second-order valence-corrected chi connectivity index (χ2v) is 15.3. The second-order valence-electron chi connectivity index (χ2n) is 15.3. The molecule has 0 radical (unpaired) electrons. The largest absolute Gasteiger partial charge is 0.338 e. The van der Waals surface area contributed by atoms with Gasteiger partial charge in [-0.1, -0.05) is 134 Å². The maximum Gasteiger partial charge on any atom is 0.0628 e. The molecule has 3 aromatic rings. The van der Waals surface area contributed by atoms with Crippen LogP contribution in [0, 0.1) is 5.92 Å². The first-order chi connectivity index (χ1) is 26.8. The summed E-state index contributed by atoms with van der Waals surface area (Å²) in [5, 5.41) is 0. The first-order valence-corrected chi connectivity index (χ1v) is 20.2. The van der Waals surface area contributed by atoms with E-state index in [1.54, 1.807) is 0 Å². The average Bonchev–Trinajstić information content (AvgIpc) is 3.26. The second kappa shape index (κ2) is 15.8. The molecule has 6 aliphatic carbocycles. The van der Waals surface area contributed by atoms with Gasteiger partial charge in [0.1, 0.15) is 0 Å². The number of hydrogen-bond donors (Lipinski definition) is 0. The zero-order chi connectivity index (χ0) is 36.1. The quantitative estimate of drug-likeness (QED) is 0.219. The molecule has 3 aromatic carbocycles. The minimum Gasteiger partial charge on any atom is -0.338 e. The van der Waals surface area contributed by atoms with E-state index in [1.165, 1.54) is 68.3 Å². The van der Waals surface area contributed by atoms with Crippen molar-refractivity contribution in [3.63, 3.8) is 0 Å². The molecule has 9 rings (SSSR count). The van der Waals surface area contributed by atoms with Gasteiger partial charge in [0.2, 0.25) is 0 Å². The van der Waals surface area contributed by atoms with Crippen LogP contribution >= 0.6 is 0 Å². The van der Waals surface area contributed by atoms with Gasteiger partial charge in [-0.3, -0.25) is 0 Å². The number of fused-ring (bicyclic) bond motifs is 1. The van der Waals surface area contributed by atoms with E-state index in [0.29, 0.717) is 11.8 Å². The van der Waals surface area contributed by atoms with Crippen molar-refractivity contribution in [2.45, 2.75) is 69.7 Å². The topological polar surface area (TPSA) is 6.48 Å². The van der Waals surface area contributed by atoms with Gasteiger partial charge in [-0.25, -0.2) is 0 Å². The Bertz CT molecular complexity index is 2210. The zero-order valence-corrected chi connectivity index (χ0v) is 31.2. The number of anilines is 2. The highest BCUT2D eigenvalue weighted by atomic mass is 15.2. The molecule has 0 aromatic heterocycles. The van der Waals surface area contributed by atoms with Crippen LogP contribution in [0.2, 0.25) is 0 Å². The smallest absolute Gasteiger partial charge is 0.0628 e. The summed E-state index contributed by atoms with van der Waals surface area (Å²) < 4.78 is 0. The lowest BCUT2D eigenvalue weighted by molar-refractivity contribution is 0.312. The highest BCUT2D eigenvalue weighted by Crippen LogP contribution is 2.43. The Balaban J connectivity index is 1.03. The Labute approximate surface area is 322 Å². The van der Waals surface area contributed by atoms with Crippen LogP contribution in [-0.2, 0) is 0 Å². The molecule has 0 fully saturated rings. The predicted octanol–water partition coefficient (Wildman–Crippen LogP) is 13.9. The lowest BCUT2D eigenvalue weighted by Gasteiger charge is -2.40. The molecular weight excluding hydrogens is 653 g/mol. The zero-order valence-electron chi connectivity index (χ0n) is 31.2. The Kier molecular flexibility index (Phi) is 9.99. The fourth-order valence-corrected chi connectivity index (χ4v) is 8.96. The van der Waals surface area contributed by atoms with E-state index in [2.05, 4.69) is 186 Å². The summed E-state index contributed by atoms with van der Waals surface area (Å²) in [6.07, 6.45) is 49.3. The van der Waals surface area contributed by atoms with E-state index < -0.39 is 0 Å². The highest BCUT2D eigenvalue weighted by Gasteiger charge is 2.29. The minimum absolute atomic E-state index is 0.288. The van der Waals surface area contributed by atoms with Crippen molar-refractivity contribution in [3.8, 4) is 0 Å². The molecule has 2 nitrogen and oxygen atoms in total. The van der Waals surface area contributed by atoms with E-state index in [4.69, 9.17) is 0 Å². The maximum atomic E-state index is 2.64. The van der Waals surface area contributed by atoms with Crippen LogP contribution in [0.1, 0.15) is 92.0 Å². The van der Waals surface area contributed by atoms with Crippen LogP contribution in [0.4, 0.5) is 11.4 Å². The molecule has 2 heteroatoms. The van der Waals surface area contributed by atoms with Gasteiger partial charge in [0.05, 0.1) is 6.04 Å². The number of allylic oxidation sites excluding steroid dienone is 19. The molecule has 0 bridgehead atoms. The summed E-state index contributed by atoms with van der Waals surface area (Å²) >= 11 is 0. The van der Waals surface area contributed by atoms with Crippen LogP contribution in [-0.4, -0.2) is 4.90 Å². The fraction of sp³-hybridized carbons (Fsp3) is 0.231. The van der Waals surface area contributed by atoms with E-state index in [1.807, 2.05) is 0 Å². The minimum atomic E-state index is 0.288. The summed E-state index contributed by atoms with van der Waals surface area (Å²) in [6.45, 7) is 0. The summed E-state index contributed by atoms with van der Waals surface area (Å²) in [7, 11) is 0. The van der Waals surface area contributed by atoms with E-state index in [0.717, 1.165) is 51.4 Å². The van der Waals surface area contributed by atoms with Gasteiger partial charge in [-0.05, 0) is 134 Å². The van der Waals surface area contributed by atoms with Gasteiger partial charge < -0.3 is 9.80 Å². The van der Waals surface area contributed by atoms with E-state index in [9.17, 15) is 0 Å². The van der Waals surface area contributed by atoms with E-state index in [-0.39, 0.29) is 6.04 Å². The number of nitrogens with zero attached hydrogens (tertiary/aromatic N) is 2. The molecule has 3 atom stereocenters. The van der Waals surface area contributed by atoms with Gasteiger partial charge in [0.25, 0.3) is 0 Å². The lowest BCUT2D eigenvalue weighted by Crippen LogP contribution is -2.30. The van der Waals surface area contributed by atoms with Gasteiger partial charge in [-0.2, -0.15) is 0 Å². The first kappa shape index (κ1) is 34.2. The molecule has 0 saturated heterocycles. The van der Waals surface area contributed by atoms with E-state index >= 15 is 0 Å². The molecule has 0 heterocycles. The van der Waals surface area contributed by atoms with Gasteiger partial charge in [-0.15, -0.1) is 0 Å². The normalized spacial score (nSPS) is 22.8. The van der Waals surface area contributed by atoms with Crippen LogP contribution in [0.3, 0.4) is 0 Å². The van der Waals surface area contributed by atoms with Crippen LogP contribution in [0.5, 0.6) is 0 Å². The van der Waals surface area contributed by atoms with Gasteiger partial charge in [0.15, 0.2) is 0 Å². The molecule has 54 heavy (non-hydrogen) atoms. The van der Waals surface area contributed by atoms with Crippen LogP contribution in [0.15, 0.2) is 193 Å². The van der Waals surface area contributed by atoms with Crippen molar-refractivity contribution in [2.75, 3.05) is 4.90 Å². The van der Waals surface area contributed by atoms with Gasteiger partial charge in [0, 0.05) is 40.3 Å². The number of hydrogen-bond acceptors (Lipinski definition) is 2. The SMILES string of the molecule is C1=CCC(c2ccc(N(C3=CC=C(N(C4=CCCC=C4)C4CC=Cc5ccccc54)CC3)c3ccc(C4=CCC(C5=CCCC=C5)C=C4)cc3)cc2)C=C1. The average molecular weight is 703 g/mol. The van der Waals surface area contributed by atoms with Crippen molar-refractivity contribution >= 4 is 23.0 Å². The van der Waals surface area contributed by atoms with Crippen molar-refractivity contribution in [3.05, 3.63) is 215 Å².